The number of rotatable bonds is 2. The zero-order valence-corrected chi connectivity index (χ0v) is 12.7. The maximum Gasteiger partial charge on any atom is 0.417 e. The van der Waals surface area contributed by atoms with Crippen LogP contribution in [0, 0.1) is 11.3 Å². The van der Waals surface area contributed by atoms with Crippen molar-refractivity contribution in [1.82, 2.24) is 9.97 Å². The summed E-state index contributed by atoms with van der Waals surface area (Å²) in [6, 6.07) is 11.7. The number of pyridine rings is 2. The first kappa shape index (κ1) is 16.5. The molecule has 0 aliphatic carbocycles. The van der Waals surface area contributed by atoms with E-state index in [-0.39, 0.29) is 22.5 Å². The second kappa shape index (κ2) is 6.24. The molecule has 1 aromatic carbocycles. The van der Waals surface area contributed by atoms with E-state index in [1.807, 2.05) is 6.07 Å². The van der Waals surface area contributed by atoms with Crippen molar-refractivity contribution in [3.05, 3.63) is 66.0 Å². The third-order valence-electron chi connectivity index (χ3n) is 3.64. The third kappa shape index (κ3) is 3.15. The number of hydrogen-bond donors (Lipinski definition) is 1. The lowest BCUT2D eigenvalue weighted by Crippen LogP contribution is -2.08. The molecule has 0 spiro atoms. The van der Waals surface area contributed by atoms with Gasteiger partial charge in [-0.3, -0.25) is 4.98 Å². The van der Waals surface area contributed by atoms with E-state index in [0.29, 0.717) is 11.3 Å². The van der Waals surface area contributed by atoms with Crippen molar-refractivity contribution in [3.63, 3.8) is 0 Å². The number of nitrogens with two attached hydrogens (primary N) is 1. The maximum atomic E-state index is 13.4. The zero-order valence-electron chi connectivity index (χ0n) is 12.7. The van der Waals surface area contributed by atoms with E-state index in [9.17, 15) is 18.4 Å². The predicted molar refractivity (Wildman–Crippen MR) is 87.0 cm³/mol. The summed E-state index contributed by atoms with van der Waals surface area (Å²) in [6.07, 6.45) is -1.47. The Morgan fingerprint density at radius 3 is 2.44 bits per heavy atom. The lowest BCUT2D eigenvalue weighted by molar-refractivity contribution is -0.137. The van der Waals surface area contributed by atoms with E-state index in [1.54, 1.807) is 18.3 Å². The number of halogens is 3. The summed E-state index contributed by atoms with van der Waals surface area (Å²) >= 11 is 0. The Balaban J connectivity index is 2.31. The fourth-order valence-electron chi connectivity index (χ4n) is 2.52. The number of alkyl halides is 3. The molecule has 0 radical (unpaired) electrons. The fourth-order valence-corrected chi connectivity index (χ4v) is 2.52. The Morgan fingerprint density at radius 1 is 1.04 bits per heavy atom. The number of hydrogen-bond acceptors (Lipinski definition) is 4. The molecule has 7 heteroatoms. The molecular formula is C18H11F3N4. The fraction of sp³-hybridized carbons (Fsp3) is 0.0556. The van der Waals surface area contributed by atoms with E-state index in [4.69, 9.17) is 5.73 Å². The molecule has 0 aliphatic rings. The molecule has 3 rings (SSSR count). The SMILES string of the molecule is N#Cc1c(-c2ccccc2C(F)(F)F)cc(-c2cccnc2)nc1N. The maximum absolute atomic E-state index is 13.4. The average Bonchev–Trinajstić information content (AvgIpc) is 2.61. The second-order valence-electron chi connectivity index (χ2n) is 5.21. The van der Waals surface area contributed by atoms with Gasteiger partial charge in [0.2, 0.25) is 0 Å². The molecule has 2 N–H and O–H groups in total. The molecule has 0 aliphatic heterocycles. The highest BCUT2D eigenvalue weighted by Crippen LogP contribution is 2.39. The summed E-state index contributed by atoms with van der Waals surface area (Å²) in [5.41, 5.74) is 5.80. The number of nitrogens with zero attached hydrogens (tertiary/aromatic N) is 3. The van der Waals surface area contributed by atoms with Crippen LogP contribution < -0.4 is 5.73 Å². The number of nitrogen functional groups attached to an aromatic ring is 1. The van der Waals surface area contributed by atoms with Crippen LogP contribution in [0.3, 0.4) is 0 Å². The molecule has 0 saturated heterocycles. The minimum Gasteiger partial charge on any atom is -0.383 e. The van der Waals surface area contributed by atoms with Gasteiger partial charge in [-0.1, -0.05) is 18.2 Å². The van der Waals surface area contributed by atoms with Gasteiger partial charge in [-0.15, -0.1) is 0 Å². The van der Waals surface area contributed by atoms with Crippen LogP contribution in [-0.4, -0.2) is 9.97 Å². The van der Waals surface area contributed by atoms with E-state index >= 15 is 0 Å². The molecule has 0 amide bonds. The Labute approximate surface area is 141 Å². The highest BCUT2D eigenvalue weighted by atomic mass is 19.4. The van der Waals surface area contributed by atoms with Crippen molar-refractivity contribution < 1.29 is 13.2 Å². The molecule has 0 atom stereocenters. The molecule has 0 bridgehead atoms. The van der Waals surface area contributed by atoms with Crippen molar-refractivity contribution in [1.29, 1.82) is 5.26 Å². The monoisotopic (exact) mass is 340 g/mol. The van der Waals surface area contributed by atoms with Gasteiger partial charge in [0.25, 0.3) is 0 Å². The molecule has 0 fully saturated rings. The largest absolute Gasteiger partial charge is 0.417 e. The van der Waals surface area contributed by atoms with Gasteiger partial charge in [0.05, 0.1) is 11.3 Å². The third-order valence-corrected chi connectivity index (χ3v) is 3.64. The van der Waals surface area contributed by atoms with Crippen molar-refractivity contribution in [2.75, 3.05) is 5.73 Å². The highest BCUT2D eigenvalue weighted by Gasteiger charge is 2.34. The Bertz CT molecular complexity index is 960. The average molecular weight is 340 g/mol. The van der Waals surface area contributed by atoms with Gasteiger partial charge in [0.1, 0.15) is 17.5 Å². The van der Waals surface area contributed by atoms with Gasteiger partial charge in [-0.05, 0) is 29.8 Å². The topological polar surface area (TPSA) is 75.6 Å². The second-order valence-corrected chi connectivity index (χ2v) is 5.21. The number of aromatic nitrogens is 2. The van der Waals surface area contributed by atoms with Crippen LogP contribution >= 0.6 is 0 Å². The van der Waals surface area contributed by atoms with Gasteiger partial charge in [0.15, 0.2) is 0 Å². The van der Waals surface area contributed by atoms with Crippen molar-refractivity contribution in [2.45, 2.75) is 6.18 Å². The van der Waals surface area contributed by atoms with Gasteiger partial charge >= 0.3 is 6.18 Å². The molecular weight excluding hydrogens is 329 g/mol. The van der Waals surface area contributed by atoms with Gasteiger partial charge < -0.3 is 5.73 Å². The molecule has 2 heterocycles. The van der Waals surface area contributed by atoms with Gasteiger partial charge in [-0.25, -0.2) is 4.98 Å². The van der Waals surface area contributed by atoms with Crippen molar-refractivity contribution in [3.8, 4) is 28.5 Å². The lowest BCUT2D eigenvalue weighted by atomic mass is 9.94. The van der Waals surface area contributed by atoms with Crippen LogP contribution in [0.1, 0.15) is 11.1 Å². The highest BCUT2D eigenvalue weighted by molar-refractivity contribution is 5.81. The first-order chi connectivity index (χ1) is 11.9. The summed E-state index contributed by atoms with van der Waals surface area (Å²) < 4.78 is 40.1. The number of anilines is 1. The van der Waals surface area contributed by atoms with Crippen molar-refractivity contribution >= 4 is 5.82 Å². The smallest absolute Gasteiger partial charge is 0.383 e. The molecule has 2 aromatic heterocycles. The Kier molecular flexibility index (Phi) is 4.11. The van der Waals surface area contributed by atoms with Crippen LogP contribution in [0.4, 0.5) is 19.0 Å². The normalized spacial score (nSPS) is 11.1. The summed E-state index contributed by atoms with van der Waals surface area (Å²) in [5.74, 6) is -0.129. The van der Waals surface area contributed by atoms with E-state index < -0.39 is 11.7 Å². The first-order valence-electron chi connectivity index (χ1n) is 7.19. The summed E-state index contributed by atoms with van der Waals surface area (Å²) in [7, 11) is 0. The van der Waals surface area contributed by atoms with Crippen molar-refractivity contribution in [2.24, 2.45) is 0 Å². The molecule has 3 aromatic rings. The molecule has 4 nitrogen and oxygen atoms in total. The number of benzene rings is 1. The summed E-state index contributed by atoms with van der Waals surface area (Å²) in [6.45, 7) is 0. The van der Waals surface area contributed by atoms with Crippen LogP contribution in [0.2, 0.25) is 0 Å². The standard InChI is InChI=1S/C18H11F3N4/c19-18(20,21)15-6-2-1-5-12(15)13-8-16(11-4-3-7-24-10-11)25-17(23)14(13)9-22/h1-8,10H,(H2,23,25). The minimum absolute atomic E-state index is 0.0850. The van der Waals surface area contributed by atoms with E-state index in [0.717, 1.165) is 6.07 Å². The van der Waals surface area contributed by atoms with E-state index in [1.165, 1.54) is 30.5 Å². The molecule has 124 valence electrons. The summed E-state index contributed by atoms with van der Waals surface area (Å²) in [5, 5.41) is 9.35. The zero-order chi connectivity index (χ0) is 18.0. The number of nitriles is 1. The first-order valence-corrected chi connectivity index (χ1v) is 7.19. The van der Waals surface area contributed by atoms with Gasteiger partial charge in [-0.2, -0.15) is 18.4 Å². The van der Waals surface area contributed by atoms with Crippen LogP contribution in [0.5, 0.6) is 0 Å². The molecule has 0 unspecified atom stereocenters. The molecule has 25 heavy (non-hydrogen) atoms. The minimum atomic E-state index is -4.56. The quantitative estimate of drug-likeness (QED) is 0.755. The lowest BCUT2D eigenvalue weighted by Gasteiger charge is -2.15. The van der Waals surface area contributed by atoms with Crippen LogP contribution in [-0.2, 0) is 6.18 Å². The summed E-state index contributed by atoms with van der Waals surface area (Å²) in [4.78, 5) is 8.09. The van der Waals surface area contributed by atoms with E-state index in [2.05, 4.69) is 9.97 Å². The molecule has 0 saturated carbocycles. The Hall–Kier alpha value is -3.40. The van der Waals surface area contributed by atoms with Crippen LogP contribution in [0.15, 0.2) is 54.9 Å². The van der Waals surface area contributed by atoms with Crippen LogP contribution in [0.25, 0.3) is 22.4 Å². The Morgan fingerprint density at radius 2 is 1.80 bits per heavy atom. The predicted octanol–water partition coefficient (Wildman–Crippen LogP) is 4.28. The van der Waals surface area contributed by atoms with Gasteiger partial charge in [0, 0.05) is 23.5 Å².